The monoisotopic (exact) mass is 318 g/mol. The highest BCUT2D eigenvalue weighted by Gasteiger charge is 2.29. The number of halogens is 3. The fourth-order valence-electron chi connectivity index (χ4n) is 2.50. The van der Waals surface area contributed by atoms with Gasteiger partial charge in [0.15, 0.2) is 18.1 Å². The van der Waals surface area contributed by atoms with E-state index in [4.69, 9.17) is 9.47 Å². The SMILES string of the molecule is COc1cc(CN2CCN[C@@H](C)C2)ccc1OCC(F)(F)F. The maximum Gasteiger partial charge on any atom is 0.422 e. The van der Waals surface area contributed by atoms with E-state index in [0.717, 1.165) is 31.7 Å². The third-order valence-corrected chi connectivity index (χ3v) is 3.48. The molecule has 0 unspecified atom stereocenters. The van der Waals surface area contributed by atoms with Gasteiger partial charge in [0.1, 0.15) is 0 Å². The summed E-state index contributed by atoms with van der Waals surface area (Å²) in [6, 6.07) is 5.48. The van der Waals surface area contributed by atoms with Gasteiger partial charge in [-0.25, -0.2) is 0 Å². The lowest BCUT2D eigenvalue weighted by Crippen LogP contribution is -2.48. The number of nitrogens with zero attached hydrogens (tertiary/aromatic N) is 1. The molecule has 0 aromatic heterocycles. The van der Waals surface area contributed by atoms with E-state index in [1.165, 1.54) is 13.2 Å². The first-order chi connectivity index (χ1) is 10.4. The molecular formula is C15H21F3N2O2. The molecule has 1 saturated heterocycles. The summed E-state index contributed by atoms with van der Waals surface area (Å²) in [5.41, 5.74) is 0.991. The van der Waals surface area contributed by atoms with Gasteiger partial charge in [0, 0.05) is 32.2 Å². The van der Waals surface area contributed by atoms with E-state index in [9.17, 15) is 13.2 Å². The molecule has 1 aromatic carbocycles. The van der Waals surface area contributed by atoms with Crippen LogP contribution in [0.2, 0.25) is 0 Å². The first-order valence-corrected chi connectivity index (χ1v) is 7.19. The van der Waals surface area contributed by atoms with Crippen molar-refractivity contribution in [2.45, 2.75) is 25.7 Å². The van der Waals surface area contributed by atoms with E-state index in [1.54, 1.807) is 12.1 Å². The van der Waals surface area contributed by atoms with E-state index >= 15 is 0 Å². The van der Waals surface area contributed by atoms with Crippen LogP contribution in [-0.4, -0.2) is 50.5 Å². The van der Waals surface area contributed by atoms with Gasteiger partial charge in [-0.1, -0.05) is 6.07 Å². The minimum Gasteiger partial charge on any atom is -0.493 e. The third-order valence-electron chi connectivity index (χ3n) is 3.48. The molecule has 124 valence electrons. The van der Waals surface area contributed by atoms with Crippen molar-refractivity contribution >= 4 is 0 Å². The Morgan fingerprint density at radius 2 is 2.09 bits per heavy atom. The number of piperazine rings is 1. The molecule has 0 bridgehead atoms. The topological polar surface area (TPSA) is 33.7 Å². The van der Waals surface area contributed by atoms with Gasteiger partial charge in [-0.05, 0) is 24.6 Å². The van der Waals surface area contributed by atoms with E-state index < -0.39 is 12.8 Å². The molecule has 4 nitrogen and oxygen atoms in total. The standard InChI is InChI=1S/C15H21F3N2O2/c1-11-8-20(6-5-19-11)9-12-3-4-13(14(7-12)21-2)22-10-15(16,17)18/h3-4,7,11,19H,5-6,8-10H2,1-2H3/t11-/m0/s1. The number of hydrogen-bond acceptors (Lipinski definition) is 4. The molecule has 0 aliphatic carbocycles. The van der Waals surface area contributed by atoms with Crippen molar-refractivity contribution in [3.8, 4) is 11.5 Å². The molecule has 1 aliphatic rings. The molecule has 0 spiro atoms. The van der Waals surface area contributed by atoms with Crippen LogP contribution in [0.4, 0.5) is 13.2 Å². The highest BCUT2D eigenvalue weighted by atomic mass is 19.4. The highest BCUT2D eigenvalue weighted by molar-refractivity contribution is 5.43. The number of ether oxygens (including phenoxy) is 2. The Hall–Kier alpha value is -1.47. The van der Waals surface area contributed by atoms with Crippen LogP contribution in [0.5, 0.6) is 11.5 Å². The van der Waals surface area contributed by atoms with E-state index in [0.29, 0.717) is 11.8 Å². The summed E-state index contributed by atoms with van der Waals surface area (Å²) in [7, 11) is 1.42. The second-order valence-electron chi connectivity index (χ2n) is 5.48. The van der Waals surface area contributed by atoms with Crippen molar-refractivity contribution < 1.29 is 22.6 Å². The molecule has 22 heavy (non-hydrogen) atoms. The Kier molecular flexibility index (Phi) is 5.52. The van der Waals surface area contributed by atoms with Crippen LogP contribution < -0.4 is 14.8 Å². The van der Waals surface area contributed by atoms with Crippen molar-refractivity contribution in [2.24, 2.45) is 0 Å². The number of rotatable bonds is 5. The van der Waals surface area contributed by atoms with Gasteiger partial charge in [0.05, 0.1) is 7.11 Å². The zero-order valence-corrected chi connectivity index (χ0v) is 12.7. The predicted molar refractivity (Wildman–Crippen MR) is 77.3 cm³/mol. The molecular weight excluding hydrogens is 297 g/mol. The molecule has 1 aromatic rings. The summed E-state index contributed by atoms with van der Waals surface area (Å²) >= 11 is 0. The maximum absolute atomic E-state index is 12.2. The van der Waals surface area contributed by atoms with Gasteiger partial charge in [0.25, 0.3) is 0 Å². The average molecular weight is 318 g/mol. The molecule has 1 N–H and O–H groups in total. The number of hydrogen-bond donors (Lipinski definition) is 1. The lowest BCUT2D eigenvalue weighted by atomic mass is 10.1. The van der Waals surface area contributed by atoms with Crippen LogP contribution >= 0.6 is 0 Å². The summed E-state index contributed by atoms with van der Waals surface area (Å²) in [5.74, 6) is 0.433. The van der Waals surface area contributed by atoms with Crippen LogP contribution in [0.15, 0.2) is 18.2 Å². The van der Waals surface area contributed by atoms with Gasteiger partial charge < -0.3 is 14.8 Å². The second-order valence-corrected chi connectivity index (χ2v) is 5.48. The summed E-state index contributed by atoms with van der Waals surface area (Å²) in [6.07, 6.45) is -4.36. The Balaban J connectivity index is 2.01. The molecule has 7 heteroatoms. The summed E-state index contributed by atoms with van der Waals surface area (Å²) in [5, 5.41) is 3.37. The second kappa shape index (κ2) is 7.19. The maximum atomic E-state index is 12.2. The van der Waals surface area contributed by atoms with Gasteiger partial charge >= 0.3 is 6.18 Å². The summed E-state index contributed by atoms with van der Waals surface area (Å²) in [6.45, 7) is 4.36. The molecule has 1 heterocycles. The van der Waals surface area contributed by atoms with E-state index in [2.05, 4.69) is 17.1 Å². The van der Waals surface area contributed by atoms with Crippen LogP contribution in [0.1, 0.15) is 12.5 Å². The van der Waals surface area contributed by atoms with Crippen LogP contribution in [0, 0.1) is 0 Å². The third kappa shape index (κ3) is 5.06. The Bertz CT molecular complexity index is 494. The Morgan fingerprint density at radius 3 is 2.73 bits per heavy atom. The zero-order valence-electron chi connectivity index (χ0n) is 12.7. The van der Waals surface area contributed by atoms with Crippen LogP contribution in [0.25, 0.3) is 0 Å². The number of alkyl halides is 3. The van der Waals surface area contributed by atoms with Gasteiger partial charge in [0.2, 0.25) is 0 Å². The first-order valence-electron chi connectivity index (χ1n) is 7.19. The quantitative estimate of drug-likeness (QED) is 0.904. The van der Waals surface area contributed by atoms with Gasteiger partial charge in [-0.15, -0.1) is 0 Å². The summed E-state index contributed by atoms with van der Waals surface area (Å²) in [4.78, 5) is 2.30. The Morgan fingerprint density at radius 1 is 1.32 bits per heavy atom. The molecule has 0 saturated carbocycles. The van der Waals surface area contributed by atoms with Crippen molar-refractivity contribution in [3.05, 3.63) is 23.8 Å². The molecule has 0 radical (unpaired) electrons. The molecule has 1 atom stereocenters. The fourth-order valence-corrected chi connectivity index (χ4v) is 2.50. The van der Waals surface area contributed by atoms with Crippen molar-refractivity contribution in [1.29, 1.82) is 0 Å². The molecule has 0 amide bonds. The number of nitrogens with one attached hydrogen (secondary N) is 1. The summed E-state index contributed by atoms with van der Waals surface area (Å²) < 4.78 is 46.6. The normalized spacial score (nSPS) is 20.0. The minimum atomic E-state index is -4.36. The predicted octanol–water partition coefficient (Wildman–Crippen LogP) is 2.43. The van der Waals surface area contributed by atoms with E-state index in [1.807, 2.05) is 0 Å². The van der Waals surface area contributed by atoms with Crippen LogP contribution in [-0.2, 0) is 6.54 Å². The Labute approximate surface area is 128 Å². The fraction of sp³-hybridized carbons (Fsp3) is 0.600. The number of benzene rings is 1. The smallest absolute Gasteiger partial charge is 0.422 e. The van der Waals surface area contributed by atoms with Crippen molar-refractivity contribution in [2.75, 3.05) is 33.4 Å². The highest BCUT2D eigenvalue weighted by Crippen LogP contribution is 2.30. The van der Waals surface area contributed by atoms with Gasteiger partial charge in [-0.3, -0.25) is 4.90 Å². The first kappa shape index (κ1) is 16.9. The average Bonchev–Trinajstić information content (AvgIpc) is 2.45. The largest absolute Gasteiger partial charge is 0.493 e. The van der Waals surface area contributed by atoms with Crippen molar-refractivity contribution in [3.63, 3.8) is 0 Å². The zero-order chi connectivity index (χ0) is 16.2. The molecule has 1 aliphatic heterocycles. The van der Waals surface area contributed by atoms with E-state index in [-0.39, 0.29) is 5.75 Å². The molecule has 2 rings (SSSR count). The minimum absolute atomic E-state index is 0.109. The lowest BCUT2D eigenvalue weighted by Gasteiger charge is -2.31. The number of methoxy groups -OCH3 is 1. The lowest BCUT2D eigenvalue weighted by molar-refractivity contribution is -0.153. The van der Waals surface area contributed by atoms with Crippen LogP contribution in [0.3, 0.4) is 0 Å². The molecule has 1 fully saturated rings. The van der Waals surface area contributed by atoms with Crippen molar-refractivity contribution in [1.82, 2.24) is 10.2 Å². The van der Waals surface area contributed by atoms with Gasteiger partial charge in [-0.2, -0.15) is 13.2 Å².